The number of unbranched alkanes of at least 4 members (excludes halogenated alkanes) is 5. The molecule has 2 aromatic rings. The minimum Gasteiger partial charge on any atom is -0.159 e. The molecule has 0 saturated heterocycles. The summed E-state index contributed by atoms with van der Waals surface area (Å²) in [6.45, 7) is 6.02. The van der Waals surface area contributed by atoms with E-state index in [-0.39, 0.29) is 0 Å². The Morgan fingerprint density at radius 1 is 0.679 bits per heavy atom. The number of aryl methyl sites for hydroxylation is 2. The minimum atomic E-state index is 1.07. The molecule has 0 N–H and O–H groups in total. The van der Waals surface area contributed by atoms with Crippen molar-refractivity contribution in [3.8, 4) is 0 Å². The summed E-state index contributed by atoms with van der Waals surface area (Å²) in [5.41, 5.74) is 4.92. The van der Waals surface area contributed by atoms with E-state index < -0.39 is 0 Å². The Kier molecular flexibility index (Phi) is 10.6. The molecule has 0 heterocycles. The van der Waals surface area contributed by atoms with E-state index in [2.05, 4.69) is 72.2 Å². The van der Waals surface area contributed by atoms with Gasteiger partial charge in [-0.3, -0.25) is 0 Å². The quantitative estimate of drug-likeness (QED) is 0.154. The zero-order chi connectivity index (χ0) is 19.9. The molecular formula is C26H34N2. The molecule has 0 radical (unpaired) electrons. The summed E-state index contributed by atoms with van der Waals surface area (Å²) in [5, 5.41) is 8.35. The first kappa shape index (κ1) is 21.8. The van der Waals surface area contributed by atoms with Crippen LogP contribution in [0, 0.1) is 0 Å². The van der Waals surface area contributed by atoms with Crippen molar-refractivity contribution < 1.29 is 0 Å². The summed E-state index contributed by atoms with van der Waals surface area (Å²) in [6.07, 6.45) is 16.7. The standard InChI is InChI=1S/C26H34N2/c1-3-5-7-8-10-12-24-15-19-26(20-16-24)22-28-27-21-25-17-13-23(14-18-25)11-9-6-4-2/h4,13-22H,2-3,5-12H2,1H3. The first-order valence-electron chi connectivity index (χ1n) is 10.7. The molecule has 0 saturated carbocycles. The topological polar surface area (TPSA) is 24.7 Å². The molecule has 0 aliphatic rings. The van der Waals surface area contributed by atoms with E-state index in [0.717, 1.165) is 30.4 Å². The zero-order valence-electron chi connectivity index (χ0n) is 17.3. The fraction of sp³-hybridized carbons (Fsp3) is 0.385. The number of rotatable bonds is 13. The van der Waals surface area contributed by atoms with Gasteiger partial charge in [-0.25, -0.2) is 0 Å². The van der Waals surface area contributed by atoms with Crippen molar-refractivity contribution in [1.29, 1.82) is 0 Å². The van der Waals surface area contributed by atoms with Gasteiger partial charge >= 0.3 is 0 Å². The SMILES string of the molecule is C=CCCCc1ccc(C=NN=Cc2ccc(CCCCCCC)cc2)cc1. The van der Waals surface area contributed by atoms with E-state index in [4.69, 9.17) is 0 Å². The Balaban J connectivity index is 1.74. The van der Waals surface area contributed by atoms with Gasteiger partial charge < -0.3 is 0 Å². The van der Waals surface area contributed by atoms with Gasteiger partial charge in [0, 0.05) is 0 Å². The molecule has 0 bridgehead atoms. The van der Waals surface area contributed by atoms with Gasteiger partial charge in [-0.1, -0.05) is 87.2 Å². The zero-order valence-corrected chi connectivity index (χ0v) is 17.3. The molecule has 0 aliphatic carbocycles. The average Bonchev–Trinajstić information content (AvgIpc) is 2.73. The van der Waals surface area contributed by atoms with Gasteiger partial charge in [0.05, 0.1) is 12.4 Å². The number of hydrogen-bond acceptors (Lipinski definition) is 2. The second-order valence-corrected chi connectivity index (χ2v) is 7.32. The lowest BCUT2D eigenvalue weighted by Crippen LogP contribution is -1.88. The van der Waals surface area contributed by atoms with Crippen LogP contribution in [0.25, 0.3) is 0 Å². The third-order valence-corrected chi connectivity index (χ3v) is 4.88. The van der Waals surface area contributed by atoms with E-state index in [0.29, 0.717) is 0 Å². The lowest BCUT2D eigenvalue weighted by atomic mass is 10.0. The van der Waals surface area contributed by atoms with Crippen molar-refractivity contribution >= 4 is 12.4 Å². The van der Waals surface area contributed by atoms with E-state index in [9.17, 15) is 0 Å². The van der Waals surface area contributed by atoms with Crippen LogP contribution in [0.2, 0.25) is 0 Å². The van der Waals surface area contributed by atoms with E-state index in [1.807, 2.05) is 12.3 Å². The van der Waals surface area contributed by atoms with Gasteiger partial charge in [-0.05, 0) is 54.4 Å². The second kappa shape index (κ2) is 13.7. The number of benzene rings is 2. The fourth-order valence-electron chi connectivity index (χ4n) is 3.12. The molecule has 0 fully saturated rings. The largest absolute Gasteiger partial charge is 0.159 e. The van der Waals surface area contributed by atoms with Crippen molar-refractivity contribution in [1.82, 2.24) is 0 Å². The molecule has 0 aliphatic heterocycles. The van der Waals surface area contributed by atoms with Crippen LogP contribution in [-0.4, -0.2) is 12.4 Å². The molecule has 148 valence electrons. The summed E-state index contributed by atoms with van der Waals surface area (Å²) >= 11 is 0. The van der Waals surface area contributed by atoms with Crippen LogP contribution in [0.15, 0.2) is 71.4 Å². The van der Waals surface area contributed by atoms with E-state index in [1.165, 1.54) is 49.7 Å². The van der Waals surface area contributed by atoms with Crippen LogP contribution in [-0.2, 0) is 12.8 Å². The third kappa shape index (κ3) is 8.94. The molecule has 0 spiro atoms. The van der Waals surface area contributed by atoms with Gasteiger partial charge in [0.2, 0.25) is 0 Å². The molecule has 2 rings (SSSR count). The second-order valence-electron chi connectivity index (χ2n) is 7.32. The van der Waals surface area contributed by atoms with Crippen LogP contribution < -0.4 is 0 Å². The van der Waals surface area contributed by atoms with Crippen molar-refractivity contribution in [3.05, 3.63) is 83.4 Å². The molecule has 2 heteroatoms. The van der Waals surface area contributed by atoms with Crippen molar-refractivity contribution in [2.45, 2.75) is 64.7 Å². The molecule has 0 unspecified atom stereocenters. The molecule has 0 atom stereocenters. The number of allylic oxidation sites excluding steroid dienone is 1. The lowest BCUT2D eigenvalue weighted by molar-refractivity contribution is 0.632. The Morgan fingerprint density at radius 3 is 1.68 bits per heavy atom. The highest BCUT2D eigenvalue weighted by Crippen LogP contribution is 2.10. The van der Waals surface area contributed by atoms with Crippen LogP contribution in [0.5, 0.6) is 0 Å². The Labute approximate surface area is 171 Å². The molecular weight excluding hydrogens is 340 g/mol. The van der Waals surface area contributed by atoms with Gasteiger partial charge in [0.15, 0.2) is 0 Å². The first-order chi connectivity index (χ1) is 13.8. The molecule has 28 heavy (non-hydrogen) atoms. The smallest absolute Gasteiger partial charge is 0.0568 e. The van der Waals surface area contributed by atoms with Gasteiger partial charge in [-0.2, -0.15) is 10.2 Å². The highest BCUT2D eigenvalue weighted by molar-refractivity contribution is 5.82. The average molecular weight is 375 g/mol. The molecule has 2 aromatic carbocycles. The predicted molar refractivity (Wildman–Crippen MR) is 124 cm³/mol. The van der Waals surface area contributed by atoms with E-state index in [1.54, 1.807) is 6.21 Å². The maximum Gasteiger partial charge on any atom is 0.0568 e. The third-order valence-electron chi connectivity index (χ3n) is 4.88. The van der Waals surface area contributed by atoms with Crippen LogP contribution in [0.4, 0.5) is 0 Å². The van der Waals surface area contributed by atoms with Crippen molar-refractivity contribution in [2.75, 3.05) is 0 Å². The fourth-order valence-corrected chi connectivity index (χ4v) is 3.12. The lowest BCUT2D eigenvalue weighted by Gasteiger charge is -2.02. The maximum absolute atomic E-state index is 4.18. The van der Waals surface area contributed by atoms with Crippen molar-refractivity contribution in [3.63, 3.8) is 0 Å². The van der Waals surface area contributed by atoms with Crippen molar-refractivity contribution in [2.24, 2.45) is 10.2 Å². The molecule has 0 aromatic heterocycles. The number of hydrogen-bond donors (Lipinski definition) is 0. The van der Waals surface area contributed by atoms with E-state index >= 15 is 0 Å². The van der Waals surface area contributed by atoms with Gasteiger partial charge in [-0.15, -0.1) is 6.58 Å². The molecule has 0 amide bonds. The Morgan fingerprint density at radius 2 is 1.18 bits per heavy atom. The van der Waals surface area contributed by atoms with Gasteiger partial charge in [0.25, 0.3) is 0 Å². The minimum absolute atomic E-state index is 1.07. The van der Waals surface area contributed by atoms with Crippen LogP contribution >= 0.6 is 0 Å². The Hall–Kier alpha value is -2.48. The number of nitrogens with zero attached hydrogens (tertiary/aromatic N) is 2. The van der Waals surface area contributed by atoms with Crippen LogP contribution in [0.1, 0.15) is 74.1 Å². The highest BCUT2D eigenvalue weighted by Gasteiger charge is 1.95. The molecule has 2 nitrogen and oxygen atoms in total. The monoisotopic (exact) mass is 374 g/mol. The normalized spacial score (nSPS) is 11.5. The Bertz CT molecular complexity index is 724. The highest BCUT2D eigenvalue weighted by atomic mass is 15.2. The van der Waals surface area contributed by atoms with Gasteiger partial charge in [0.1, 0.15) is 0 Å². The summed E-state index contributed by atoms with van der Waals surface area (Å²) in [4.78, 5) is 0. The van der Waals surface area contributed by atoms with Crippen LogP contribution in [0.3, 0.4) is 0 Å². The predicted octanol–water partition coefficient (Wildman–Crippen LogP) is 7.16. The first-order valence-corrected chi connectivity index (χ1v) is 10.7. The summed E-state index contributed by atoms with van der Waals surface area (Å²) < 4.78 is 0. The maximum atomic E-state index is 4.18. The summed E-state index contributed by atoms with van der Waals surface area (Å²) in [6, 6.07) is 17.2. The summed E-state index contributed by atoms with van der Waals surface area (Å²) in [5.74, 6) is 0. The summed E-state index contributed by atoms with van der Waals surface area (Å²) in [7, 11) is 0.